The molecule has 274 valence electrons. The Labute approximate surface area is 313 Å². The van der Waals surface area contributed by atoms with Crippen LogP contribution in [0.2, 0.25) is 0 Å². The zero-order valence-corrected chi connectivity index (χ0v) is 30.6. The number of nitrogens with zero attached hydrogens (tertiary/aromatic N) is 7. The van der Waals surface area contributed by atoms with E-state index in [1.807, 2.05) is 49.5 Å². The molecule has 5 heterocycles. The first-order valence-corrected chi connectivity index (χ1v) is 18.4. The molecule has 0 spiro atoms. The quantitative estimate of drug-likeness (QED) is 0.142. The van der Waals surface area contributed by atoms with E-state index in [1.54, 1.807) is 0 Å². The average molecular weight is 723 g/mol. The lowest BCUT2D eigenvalue weighted by molar-refractivity contribution is -0.143. The number of carbonyl (C=O) groups is 1. The van der Waals surface area contributed by atoms with Crippen molar-refractivity contribution in [1.29, 1.82) is 5.26 Å². The van der Waals surface area contributed by atoms with Gasteiger partial charge in [0.1, 0.15) is 22.9 Å². The van der Waals surface area contributed by atoms with Gasteiger partial charge in [-0.3, -0.25) is 19.6 Å². The summed E-state index contributed by atoms with van der Waals surface area (Å²) in [5.74, 6) is 0.695. The molecule has 3 N–H and O–H groups in total. The van der Waals surface area contributed by atoms with Crippen molar-refractivity contribution in [3.8, 4) is 28.7 Å². The number of hydrogen-bond donors (Lipinski definition) is 3. The number of pyridine rings is 1. The Balaban J connectivity index is 1.07. The number of fused-ring (bicyclic) bond motifs is 2. The molecule has 0 radical (unpaired) electrons. The van der Waals surface area contributed by atoms with Crippen molar-refractivity contribution < 1.29 is 19.4 Å². The normalized spacial score (nSPS) is 17.0. The summed E-state index contributed by atoms with van der Waals surface area (Å²) in [6.45, 7) is 10.3. The summed E-state index contributed by atoms with van der Waals surface area (Å²) in [7, 11) is 0. The average Bonchev–Trinajstić information content (AvgIpc) is 3.78. The van der Waals surface area contributed by atoms with E-state index in [1.165, 1.54) is 0 Å². The molecule has 2 fully saturated rings. The second kappa shape index (κ2) is 14.6. The minimum Gasteiger partial charge on any atom is -0.481 e. The van der Waals surface area contributed by atoms with Gasteiger partial charge in [-0.2, -0.15) is 5.26 Å². The number of benzene rings is 3. The molecule has 12 heteroatoms. The second-order valence-electron chi connectivity index (χ2n) is 14.6. The highest BCUT2D eigenvalue weighted by Gasteiger charge is 2.25. The zero-order valence-electron chi connectivity index (χ0n) is 30.6. The topological polar surface area (TPSA) is 165 Å². The van der Waals surface area contributed by atoms with E-state index >= 15 is 0 Å². The lowest BCUT2D eigenvalue weighted by atomic mass is 9.93. The summed E-state index contributed by atoms with van der Waals surface area (Å²) in [6.07, 6.45) is 3.62. The molecule has 2 aliphatic rings. The van der Waals surface area contributed by atoms with E-state index in [-0.39, 0.29) is 12.0 Å². The van der Waals surface area contributed by atoms with Gasteiger partial charge in [0.2, 0.25) is 5.89 Å². The van der Waals surface area contributed by atoms with Crippen LogP contribution in [-0.2, 0) is 17.9 Å². The molecule has 6 aromatic rings. The van der Waals surface area contributed by atoms with Crippen LogP contribution >= 0.6 is 0 Å². The standard InChI is InChI=1S/C42H42N8O4/c1-24-32(6-4-8-34(24)41-48-37-17-27(16-30(19-43)39(37)54-41)21-49-13-10-29(11-14-49)42(52)53)33-7-5-9-35(25(33)2)47-40-38-36(45-26(3)46-40)18-28(20-44-38)22-50-15-12-31(51)23-50/h4-9,16-18,20,29,31,51H,10-15,21-23H2,1-3H3,(H,52,53)(H,45,46,47)/t31-/m1/s1. The Kier molecular flexibility index (Phi) is 9.54. The molecule has 0 aliphatic carbocycles. The van der Waals surface area contributed by atoms with Crippen LogP contribution in [0.25, 0.3) is 44.7 Å². The Morgan fingerprint density at radius 1 is 0.889 bits per heavy atom. The van der Waals surface area contributed by atoms with Crippen LogP contribution in [0, 0.1) is 38.0 Å². The molecule has 3 aromatic carbocycles. The van der Waals surface area contributed by atoms with Gasteiger partial charge in [-0.25, -0.2) is 15.0 Å². The zero-order chi connectivity index (χ0) is 37.5. The molecular weight excluding hydrogens is 681 g/mol. The van der Waals surface area contributed by atoms with Crippen molar-refractivity contribution >= 4 is 39.6 Å². The first-order chi connectivity index (χ1) is 26.1. The van der Waals surface area contributed by atoms with Crippen LogP contribution in [-0.4, -0.2) is 78.2 Å². The Morgan fingerprint density at radius 3 is 2.33 bits per heavy atom. The Morgan fingerprint density at radius 2 is 1.59 bits per heavy atom. The van der Waals surface area contributed by atoms with Crippen LogP contribution < -0.4 is 5.32 Å². The maximum Gasteiger partial charge on any atom is 0.306 e. The Hall–Kier alpha value is -5.74. The molecular formula is C42H42N8O4. The van der Waals surface area contributed by atoms with E-state index in [9.17, 15) is 20.3 Å². The van der Waals surface area contributed by atoms with Crippen molar-refractivity contribution in [2.45, 2.75) is 59.2 Å². The summed E-state index contributed by atoms with van der Waals surface area (Å²) in [6, 6.07) is 20.4. The number of oxazole rings is 1. The van der Waals surface area contributed by atoms with Gasteiger partial charge >= 0.3 is 5.97 Å². The fraction of sp³-hybridized carbons (Fsp3) is 0.333. The number of carboxylic acid groups (broad SMARTS) is 1. The van der Waals surface area contributed by atoms with Crippen molar-refractivity contribution in [2.75, 3.05) is 31.5 Å². The highest BCUT2D eigenvalue weighted by atomic mass is 16.4. The van der Waals surface area contributed by atoms with Crippen molar-refractivity contribution in [1.82, 2.24) is 29.7 Å². The number of nitriles is 1. The fourth-order valence-corrected chi connectivity index (χ4v) is 7.89. The third-order valence-electron chi connectivity index (χ3n) is 10.8. The maximum absolute atomic E-state index is 11.4. The van der Waals surface area contributed by atoms with Crippen molar-refractivity contribution in [3.63, 3.8) is 0 Å². The van der Waals surface area contributed by atoms with Crippen LogP contribution in [0.3, 0.4) is 0 Å². The lowest BCUT2D eigenvalue weighted by Gasteiger charge is -2.30. The minimum absolute atomic E-state index is 0.272. The molecule has 0 bridgehead atoms. The van der Waals surface area contributed by atoms with Gasteiger partial charge in [0.25, 0.3) is 0 Å². The lowest BCUT2D eigenvalue weighted by Crippen LogP contribution is -2.35. The smallest absolute Gasteiger partial charge is 0.306 e. The first kappa shape index (κ1) is 35.3. The summed E-state index contributed by atoms with van der Waals surface area (Å²) >= 11 is 0. The number of aliphatic carboxylic acids is 1. The number of aliphatic hydroxyl groups excluding tert-OH is 1. The molecule has 0 amide bonds. The van der Waals surface area contributed by atoms with Crippen LogP contribution in [0.4, 0.5) is 11.5 Å². The summed E-state index contributed by atoms with van der Waals surface area (Å²) in [4.78, 5) is 35.0. The van der Waals surface area contributed by atoms with Gasteiger partial charge in [0.15, 0.2) is 11.4 Å². The van der Waals surface area contributed by atoms with E-state index in [2.05, 4.69) is 53.2 Å². The summed E-state index contributed by atoms with van der Waals surface area (Å²) < 4.78 is 6.31. The van der Waals surface area contributed by atoms with Crippen LogP contribution in [0.5, 0.6) is 0 Å². The molecule has 3 aromatic heterocycles. The van der Waals surface area contributed by atoms with Crippen LogP contribution in [0.1, 0.15) is 52.9 Å². The van der Waals surface area contributed by atoms with Gasteiger partial charge in [0, 0.05) is 43.6 Å². The number of hydrogen-bond acceptors (Lipinski definition) is 11. The number of aryl methyl sites for hydroxylation is 1. The number of aliphatic hydroxyl groups is 1. The second-order valence-corrected chi connectivity index (χ2v) is 14.6. The number of β-amino-alcohol motifs (C(OH)–C–C–N with tert-alkyl or cyclic N) is 1. The van der Waals surface area contributed by atoms with Crippen LogP contribution in [0.15, 0.2) is 65.2 Å². The van der Waals surface area contributed by atoms with Gasteiger partial charge in [-0.1, -0.05) is 24.3 Å². The third-order valence-corrected chi connectivity index (χ3v) is 10.8. The molecule has 0 unspecified atom stereocenters. The summed E-state index contributed by atoms with van der Waals surface area (Å²) in [5, 5.41) is 32.9. The first-order valence-electron chi connectivity index (χ1n) is 18.4. The number of likely N-dealkylation sites (tertiary alicyclic amines) is 2. The molecule has 0 saturated carbocycles. The number of aromatic nitrogens is 4. The monoisotopic (exact) mass is 722 g/mol. The van der Waals surface area contributed by atoms with Gasteiger partial charge in [-0.15, -0.1) is 0 Å². The van der Waals surface area contributed by atoms with Gasteiger partial charge in [0.05, 0.1) is 23.1 Å². The van der Waals surface area contributed by atoms with E-state index in [0.717, 1.165) is 63.1 Å². The fourth-order valence-electron chi connectivity index (χ4n) is 7.89. The number of nitrogens with one attached hydrogen (secondary N) is 1. The minimum atomic E-state index is -0.730. The van der Waals surface area contributed by atoms with Crippen molar-refractivity contribution in [3.05, 3.63) is 94.4 Å². The Bertz CT molecular complexity index is 2450. The third kappa shape index (κ3) is 7.01. The molecule has 8 rings (SSSR count). The number of carboxylic acids is 1. The summed E-state index contributed by atoms with van der Waals surface area (Å²) in [5.41, 5.74) is 10.8. The van der Waals surface area contributed by atoms with Gasteiger partial charge < -0.3 is 19.9 Å². The molecule has 12 nitrogen and oxygen atoms in total. The predicted octanol–water partition coefficient (Wildman–Crippen LogP) is 6.90. The number of anilines is 2. The number of rotatable bonds is 9. The largest absolute Gasteiger partial charge is 0.481 e. The molecule has 1 atom stereocenters. The van der Waals surface area contributed by atoms with Crippen molar-refractivity contribution in [2.24, 2.45) is 5.92 Å². The van der Waals surface area contributed by atoms with E-state index < -0.39 is 5.97 Å². The van der Waals surface area contributed by atoms with Gasteiger partial charge in [-0.05, 0) is 117 Å². The van der Waals surface area contributed by atoms with E-state index in [4.69, 9.17) is 24.4 Å². The maximum atomic E-state index is 11.4. The highest BCUT2D eigenvalue weighted by Crippen LogP contribution is 2.38. The predicted molar refractivity (Wildman–Crippen MR) is 206 cm³/mol. The molecule has 2 saturated heterocycles. The molecule has 2 aliphatic heterocycles. The molecule has 54 heavy (non-hydrogen) atoms. The highest BCUT2D eigenvalue weighted by molar-refractivity contribution is 5.90. The number of piperidine rings is 1. The SMILES string of the molecule is Cc1nc(Nc2cccc(-c3cccc(-c4nc5cc(CN6CCC(C(=O)O)CC6)cc(C#N)c5o4)c3C)c2C)c2ncc(CN3CC[C@@H](O)C3)cc2n1. The van der Waals surface area contributed by atoms with E-state index in [0.29, 0.717) is 85.3 Å².